The molecule has 0 spiro atoms. The minimum Gasteiger partial charge on any atom is -0.357 e. The van der Waals surface area contributed by atoms with E-state index in [0.717, 1.165) is 36.0 Å². The first kappa shape index (κ1) is 20.3. The molecule has 25 heavy (non-hydrogen) atoms. The topological polar surface area (TPSA) is 35.8 Å². The van der Waals surface area contributed by atoms with Crippen LogP contribution in [0, 0.1) is 5.92 Å². The number of aromatic nitrogens is 1. The summed E-state index contributed by atoms with van der Waals surface area (Å²) >= 11 is 3.55. The second-order valence-corrected chi connectivity index (χ2v) is 7.93. The van der Waals surface area contributed by atoms with E-state index >= 15 is 0 Å². The molecule has 1 fully saturated rings. The number of aryl methyl sites for hydroxylation is 1. The molecule has 6 heteroatoms. The van der Waals surface area contributed by atoms with Gasteiger partial charge in [0.25, 0.3) is 0 Å². The van der Waals surface area contributed by atoms with Crippen LogP contribution in [0.5, 0.6) is 0 Å². The summed E-state index contributed by atoms with van der Waals surface area (Å²) < 4.78 is 3.28. The first-order valence-corrected chi connectivity index (χ1v) is 10.3. The molecule has 0 radical (unpaired) electrons. The van der Waals surface area contributed by atoms with E-state index in [2.05, 4.69) is 75.8 Å². The Labute approximate surface area is 161 Å². The number of likely N-dealkylation sites (tertiary alicyclic amines) is 1. The molecule has 1 N–H and O–H groups in total. The van der Waals surface area contributed by atoms with E-state index in [1.165, 1.54) is 44.6 Å². The summed E-state index contributed by atoms with van der Waals surface area (Å²) in [6.45, 7) is 10.8. The molecule has 1 aliphatic heterocycles. The van der Waals surface area contributed by atoms with Crippen molar-refractivity contribution in [2.45, 2.75) is 39.7 Å². The molecule has 1 saturated heterocycles. The third-order valence-electron chi connectivity index (χ3n) is 5.12. The van der Waals surface area contributed by atoms with E-state index in [4.69, 9.17) is 4.99 Å². The minimum atomic E-state index is 0.837. The summed E-state index contributed by atoms with van der Waals surface area (Å²) in [6, 6.07) is 2.17. The largest absolute Gasteiger partial charge is 0.357 e. The molecular formula is C19H34BrN5. The molecule has 0 saturated carbocycles. The van der Waals surface area contributed by atoms with Gasteiger partial charge in [-0.2, -0.15) is 0 Å². The Morgan fingerprint density at radius 3 is 2.64 bits per heavy atom. The Balaban J connectivity index is 1.86. The van der Waals surface area contributed by atoms with Crippen LogP contribution in [0.4, 0.5) is 0 Å². The maximum Gasteiger partial charge on any atom is 0.194 e. The van der Waals surface area contributed by atoms with Crippen molar-refractivity contribution >= 4 is 21.9 Å². The highest BCUT2D eigenvalue weighted by Crippen LogP contribution is 2.20. The minimum absolute atomic E-state index is 0.837. The number of aliphatic imine (C=N–C) groups is 1. The van der Waals surface area contributed by atoms with Crippen LogP contribution < -0.4 is 5.32 Å². The van der Waals surface area contributed by atoms with E-state index in [0.29, 0.717) is 0 Å². The van der Waals surface area contributed by atoms with Gasteiger partial charge in [0.2, 0.25) is 0 Å². The molecule has 0 bridgehead atoms. The van der Waals surface area contributed by atoms with Crippen LogP contribution >= 0.6 is 15.9 Å². The Morgan fingerprint density at radius 2 is 2.08 bits per heavy atom. The Morgan fingerprint density at radius 1 is 1.36 bits per heavy atom. The SMILES string of the molecule is CCNC(=NCCC1CCN(CC)CC1)N(C)Cc1cc(Br)cn1C. The summed E-state index contributed by atoms with van der Waals surface area (Å²) in [6.07, 6.45) is 5.95. The molecule has 1 aromatic heterocycles. The molecule has 0 amide bonds. The quantitative estimate of drug-likeness (QED) is 0.552. The van der Waals surface area contributed by atoms with Crippen molar-refractivity contribution in [2.24, 2.45) is 18.0 Å². The van der Waals surface area contributed by atoms with E-state index in [1.807, 2.05) is 0 Å². The van der Waals surface area contributed by atoms with Crippen LogP contribution in [0.25, 0.3) is 0 Å². The monoisotopic (exact) mass is 411 g/mol. The van der Waals surface area contributed by atoms with Crippen LogP contribution in [0.2, 0.25) is 0 Å². The zero-order valence-electron chi connectivity index (χ0n) is 16.3. The number of nitrogens with zero attached hydrogens (tertiary/aromatic N) is 4. The number of halogens is 1. The number of nitrogens with one attached hydrogen (secondary N) is 1. The Hall–Kier alpha value is -1.01. The highest BCUT2D eigenvalue weighted by Gasteiger charge is 2.17. The van der Waals surface area contributed by atoms with Crippen molar-refractivity contribution in [3.8, 4) is 0 Å². The summed E-state index contributed by atoms with van der Waals surface area (Å²) in [5, 5.41) is 3.43. The highest BCUT2D eigenvalue weighted by molar-refractivity contribution is 9.10. The fourth-order valence-electron chi connectivity index (χ4n) is 3.46. The van der Waals surface area contributed by atoms with Crippen LogP contribution in [0.3, 0.4) is 0 Å². The molecule has 1 aliphatic rings. The smallest absolute Gasteiger partial charge is 0.194 e. The average molecular weight is 412 g/mol. The number of guanidine groups is 1. The molecule has 5 nitrogen and oxygen atoms in total. The standard InChI is InChI=1S/C19H34BrN5/c1-5-21-19(24(4)15-18-13-17(20)14-23(18)3)22-10-7-16-8-11-25(6-2)12-9-16/h13-14,16H,5-12,15H2,1-4H3,(H,21,22). The van der Waals surface area contributed by atoms with Gasteiger partial charge in [0.15, 0.2) is 5.96 Å². The van der Waals surface area contributed by atoms with E-state index in [1.54, 1.807) is 0 Å². The average Bonchev–Trinajstić information content (AvgIpc) is 2.91. The lowest BCUT2D eigenvalue weighted by Crippen LogP contribution is -2.39. The number of piperidine rings is 1. The number of hydrogen-bond donors (Lipinski definition) is 1. The van der Waals surface area contributed by atoms with Gasteiger partial charge in [-0.1, -0.05) is 6.92 Å². The zero-order chi connectivity index (χ0) is 18.2. The summed E-state index contributed by atoms with van der Waals surface area (Å²) in [5.74, 6) is 1.84. The van der Waals surface area contributed by atoms with Gasteiger partial charge < -0.3 is 19.7 Å². The molecule has 0 atom stereocenters. The van der Waals surface area contributed by atoms with Crippen molar-refractivity contribution < 1.29 is 0 Å². The fourth-order valence-corrected chi connectivity index (χ4v) is 4.03. The molecule has 0 aromatic carbocycles. The molecule has 2 heterocycles. The van der Waals surface area contributed by atoms with Crippen molar-refractivity contribution in [1.82, 2.24) is 19.7 Å². The van der Waals surface area contributed by atoms with Gasteiger partial charge in [0.05, 0.1) is 6.54 Å². The second-order valence-electron chi connectivity index (χ2n) is 7.02. The summed E-state index contributed by atoms with van der Waals surface area (Å²) in [7, 11) is 4.20. The summed E-state index contributed by atoms with van der Waals surface area (Å²) in [5.41, 5.74) is 1.27. The van der Waals surface area contributed by atoms with Gasteiger partial charge in [-0.25, -0.2) is 0 Å². The van der Waals surface area contributed by atoms with Gasteiger partial charge in [-0.3, -0.25) is 4.99 Å². The fraction of sp³-hybridized carbons (Fsp3) is 0.737. The van der Waals surface area contributed by atoms with Crippen LogP contribution in [0.1, 0.15) is 38.8 Å². The van der Waals surface area contributed by atoms with E-state index < -0.39 is 0 Å². The lowest BCUT2D eigenvalue weighted by atomic mass is 9.94. The van der Waals surface area contributed by atoms with Crippen molar-refractivity contribution in [3.05, 3.63) is 22.4 Å². The van der Waals surface area contributed by atoms with Gasteiger partial charge >= 0.3 is 0 Å². The van der Waals surface area contributed by atoms with Crippen LogP contribution in [-0.4, -0.2) is 60.1 Å². The normalized spacial score (nSPS) is 17.1. The Bertz CT molecular complexity index is 546. The van der Waals surface area contributed by atoms with Crippen molar-refractivity contribution in [2.75, 3.05) is 39.8 Å². The highest BCUT2D eigenvalue weighted by atomic mass is 79.9. The van der Waals surface area contributed by atoms with Gasteiger partial charge in [-0.05, 0) is 73.7 Å². The predicted molar refractivity (Wildman–Crippen MR) is 110 cm³/mol. The van der Waals surface area contributed by atoms with Crippen molar-refractivity contribution in [1.29, 1.82) is 0 Å². The maximum atomic E-state index is 4.88. The zero-order valence-corrected chi connectivity index (χ0v) is 17.8. The Kier molecular flexibility index (Phi) is 8.30. The maximum absolute atomic E-state index is 4.88. The molecule has 1 aromatic rings. The lowest BCUT2D eigenvalue weighted by molar-refractivity contribution is 0.188. The van der Waals surface area contributed by atoms with Crippen LogP contribution in [0.15, 0.2) is 21.7 Å². The molecule has 2 rings (SSSR count). The first-order chi connectivity index (χ1) is 12.0. The van der Waals surface area contributed by atoms with E-state index in [9.17, 15) is 0 Å². The molecular weight excluding hydrogens is 378 g/mol. The lowest BCUT2D eigenvalue weighted by Gasteiger charge is -2.30. The molecule has 0 unspecified atom stereocenters. The van der Waals surface area contributed by atoms with Gasteiger partial charge in [0, 0.05) is 43.5 Å². The third kappa shape index (κ3) is 6.33. The van der Waals surface area contributed by atoms with Gasteiger partial charge in [0.1, 0.15) is 0 Å². The number of rotatable bonds is 7. The van der Waals surface area contributed by atoms with Crippen molar-refractivity contribution in [3.63, 3.8) is 0 Å². The van der Waals surface area contributed by atoms with Crippen LogP contribution in [-0.2, 0) is 13.6 Å². The summed E-state index contributed by atoms with van der Waals surface area (Å²) in [4.78, 5) is 9.64. The van der Waals surface area contributed by atoms with Gasteiger partial charge in [-0.15, -0.1) is 0 Å². The third-order valence-corrected chi connectivity index (χ3v) is 5.56. The predicted octanol–water partition coefficient (Wildman–Crippen LogP) is 3.31. The first-order valence-electron chi connectivity index (χ1n) is 9.56. The number of hydrogen-bond acceptors (Lipinski definition) is 2. The molecule has 142 valence electrons. The second kappa shape index (κ2) is 10.2. The van der Waals surface area contributed by atoms with E-state index in [-0.39, 0.29) is 0 Å². The molecule has 0 aliphatic carbocycles.